The number of ether oxygens (including phenoxy) is 1. The molecule has 0 spiro atoms. The summed E-state index contributed by atoms with van der Waals surface area (Å²) in [4.78, 5) is 14.4. The second kappa shape index (κ2) is 9.65. The van der Waals surface area contributed by atoms with Crippen molar-refractivity contribution in [2.75, 3.05) is 24.9 Å². The minimum absolute atomic E-state index is 0.149. The van der Waals surface area contributed by atoms with Crippen LogP contribution >= 0.6 is 11.6 Å². The van der Waals surface area contributed by atoms with Crippen molar-refractivity contribution < 1.29 is 17.9 Å². The molecule has 0 aliphatic heterocycles. The highest BCUT2D eigenvalue weighted by Gasteiger charge is 2.16. The number of halogens is 1. The Balaban J connectivity index is 1.63. The van der Waals surface area contributed by atoms with E-state index < -0.39 is 10.0 Å². The summed E-state index contributed by atoms with van der Waals surface area (Å²) in [6.45, 7) is 0.607. The number of likely N-dealkylation sites (N-methyl/N-ethyl adjacent to an activating group) is 1. The molecule has 0 bridgehead atoms. The number of rotatable bonds is 8. The Kier molecular flexibility index (Phi) is 6.97. The summed E-state index contributed by atoms with van der Waals surface area (Å²) in [7, 11) is -2.08. The zero-order valence-corrected chi connectivity index (χ0v) is 17.9. The van der Waals surface area contributed by atoms with E-state index in [-0.39, 0.29) is 17.4 Å². The first-order valence-corrected chi connectivity index (χ1v) is 11.0. The van der Waals surface area contributed by atoms with Crippen LogP contribution < -0.4 is 9.46 Å². The minimum atomic E-state index is -3.73. The van der Waals surface area contributed by atoms with Crippen LogP contribution in [-0.2, 0) is 10.0 Å². The Labute approximate surface area is 181 Å². The van der Waals surface area contributed by atoms with E-state index in [2.05, 4.69) is 4.72 Å². The quantitative estimate of drug-likeness (QED) is 0.562. The van der Waals surface area contributed by atoms with Crippen LogP contribution in [0.25, 0.3) is 0 Å². The summed E-state index contributed by atoms with van der Waals surface area (Å²) in [6, 6.07) is 21.5. The normalized spacial score (nSPS) is 11.0. The molecule has 1 amide bonds. The molecule has 0 fully saturated rings. The SMILES string of the molecule is CN(CCOc1ccccc1Cl)C(=O)c1cccc(NS(=O)(=O)c2ccccc2)c1. The Hall–Kier alpha value is -3.03. The van der Waals surface area contributed by atoms with Crippen molar-refractivity contribution in [2.45, 2.75) is 4.90 Å². The van der Waals surface area contributed by atoms with Crippen LogP contribution in [-0.4, -0.2) is 39.4 Å². The van der Waals surface area contributed by atoms with E-state index in [1.807, 2.05) is 12.1 Å². The highest BCUT2D eigenvalue weighted by molar-refractivity contribution is 7.92. The van der Waals surface area contributed by atoms with Gasteiger partial charge in [0.25, 0.3) is 15.9 Å². The summed E-state index contributed by atoms with van der Waals surface area (Å²) >= 11 is 6.05. The minimum Gasteiger partial charge on any atom is -0.490 e. The third-order valence-corrected chi connectivity index (χ3v) is 5.99. The van der Waals surface area contributed by atoms with Crippen molar-refractivity contribution in [3.63, 3.8) is 0 Å². The van der Waals surface area contributed by atoms with E-state index in [0.717, 1.165) is 0 Å². The van der Waals surface area contributed by atoms with E-state index >= 15 is 0 Å². The molecule has 8 heteroatoms. The molecule has 6 nitrogen and oxygen atoms in total. The zero-order valence-electron chi connectivity index (χ0n) is 16.3. The highest BCUT2D eigenvalue weighted by atomic mass is 35.5. The van der Waals surface area contributed by atoms with Crippen LogP contribution in [0.3, 0.4) is 0 Å². The summed E-state index contributed by atoms with van der Waals surface area (Å²) in [6.07, 6.45) is 0. The van der Waals surface area contributed by atoms with Gasteiger partial charge in [0.1, 0.15) is 12.4 Å². The van der Waals surface area contributed by atoms with Gasteiger partial charge in [0.15, 0.2) is 0 Å². The lowest BCUT2D eigenvalue weighted by atomic mass is 10.2. The first kappa shape index (κ1) is 21.7. The molecule has 3 aromatic carbocycles. The number of amides is 1. The number of anilines is 1. The fourth-order valence-corrected chi connectivity index (χ4v) is 3.97. The summed E-state index contributed by atoms with van der Waals surface area (Å²) in [5.41, 5.74) is 0.675. The zero-order chi connectivity index (χ0) is 21.6. The van der Waals surface area contributed by atoms with E-state index in [4.69, 9.17) is 16.3 Å². The molecule has 0 saturated carbocycles. The summed E-state index contributed by atoms with van der Waals surface area (Å²) < 4.78 is 33.1. The standard InChI is InChI=1S/C22H21ClN2O4S/c1-25(14-15-29-21-13-6-5-12-20(21)23)22(26)17-8-7-9-18(16-17)24-30(27,28)19-10-3-2-4-11-19/h2-13,16,24H,14-15H2,1H3. The average molecular weight is 445 g/mol. The molecule has 0 aromatic heterocycles. The highest BCUT2D eigenvalue weighted by Crippen LogP contribution is 2.23. The van der Waals surface area contributed by atoms with Crippen molar-refractivity contribution in [2.24, 2.45) is 0 Å². The van der Waals surface area contributed by atoms with Crippen molar-refractivity contribution in [3.05, 3.63) is 89.4 Å². The van der Waals surface area contributed by atoms with Gasteiger partial charge in [-0.15, -0.1) is 0 Å². The van der Waals surface area contributed by atoms with Crippen LogP contribution in [0, 0.1) is 0 Å². The third-order valence-electron chi connectivity index (χ3n) is 4.28. The number of sulfonamides is 1. The summed E-state index contributed by atoms with van der Waals surface area (Å²) in [5.74, 6) is 0.302. The van der Waals surface area contributed by atoms with Crippen molar-refractivity contribution in [1.82, 2.24) is 4.90 Å². The van der Waals surface area contributed by atoms with Gasteiger partial charge in [-0.25, -0.2) is 8.42 Å². The van der Waals surface area contributed by atoms with Gasteiger partial charge in [0.05, 0.1) is 16.5 Å². The second-order valence-electron chi connectivity index (χ2n) is 6.50. The predicted octanol–water partition coefficient (Wildman–Crippen LogP) is 4.29. The first-order valence-electron chi connectivity index (χ1n) is 9.17. The van der Waals surface area contributed by atoms with Gasteiger partial charge in [0, 0.05) is 18.3 Å². The summed E-state index contributed by atoms with van der Waals surface area (Å²) in [5, 5.41) is 0.505. The molecule has 0 unspecified atom stereocenters. The van der Waals surface area contributed by atoms with E-state index in [1.165, 1.54) is 23.1 Å². The monoisotopic (exact) mass is 444 g/mol. The van der Waals surface area contributed by atoms with Gasteiger partial charge in [0.2, 0.25) is 0 Å². The van der Waals surface area contributed by atoms with Gasteiger partial charge in [-0.1, -0.05) is 48.0 Å². The molecule has 30 heavy (non-hydrogen) atoms. The molecule has 0 saturated heterocycles. The number of nitrogens with zero attached hydrogens (tertiary/aromatic N) is 1. The Morgan fingerprint density at radius 1 is 1.00 bits per heavy atom. The van der Waals surface area contributed by atoms with Crippen molar-refractivity contribution in [3.8, 4) is 5.75 Å². The van der Waals surface area contributed by atoms with Gasteiger partial charge < -0.3 is 9.64 Å². The molecule has 3 aromatic rings. The number of carbonyl (C=O) groups excluding carboxylic acids is 1. The largest absolute Gasteiger partial charge is 0.490 e. The number of benzene rings is 3. The van der Waals surface area contributed by atoms with E-state index in [9.17, 15) is 13.2 Å². The van der Waals surface area contributed by atoms with Crippen LogP contribution in [0.15, 0.2) is 83.8 Å². The molecule has 0 radical (unpaired) electrons. The first-order chi connectivity index (χ1) is 14.4. The number of nitrogens with one attached hydrogen (secondary N) is 1. The van der Waals surface area contributed by atoms with Crippen LogP contribution in [0.1, 0.15) is 10.4 Å². The lowest BCUT2D eigenvalue weighted by Crippen LogP contribution is -2.31. The molecular weight excluding hydrogens is 424 g/mol. The molecule has 1 N–H and O–H groups in total. The second-order valence-corrected chi connectivity index (χ2v) is 8.59. The fraction of sp³-hybridized carbons (Fsp3) is 0.136. The van der Waals surface area contributed by atoms with Gasteiger partial charge >= 0.3 is 0 Å². The Morgan fingerprint density at radius 2 is 1.70 bits per heavy atom. The van der Waals surface area contributed by atoms with Crippen LogP contribution in [0.5, 0.6) is 5.75 Å². The maximum Gasteiger partial charge on any atom is 0.261 e. The maximum atomic E-state index is 12.7. The number of para-hydroxylation sites is 1. The molecule has 0 aliphatic carbocycles. The van der Waals surface area contributed by atoms with Gasteiger partial charge in [-0.2, -0.15) is 0 Å². The molecular formula is C22H21ClN2O4S. The van der Waals surface area contributed by atoms with E-state index in [1.54, 1.807) is 55.6 Å². The molecule has 0 heterocycles. The number of hydrogen-bond acceptors (Lipinski definition) is 4. The van der Waals surface area contributed by atoms with Crippen LogP contribution in [0.4, 0.5) is 5.69 Å². The predicted molar refractivity (Wildman–Crippen MR) is 118 cm³/mol. The Bertz CT molecular complexity index is 1120. The molecule has 0 aliphatic rings. The van der Waals surface area contributed by atoms with Crippen molar-refractivity contribution in [1.29, 1.82) is 0 Å². The fourth-order valence-electron chi connectivity index (χ4n) is 2.71. The Morgan fingerprint density at radius 3 is 2.43 bits per heavy atom. The van der Waals surface area contributed by atoms with Crippen molar-refractivity contribution >= 4 is 33.2 Å². The average Bonchev–Trinajstić information content (AvgIpc) is 2.75. The molecule has 3 rings (SSSR count). The molecule has 156 valence electrons. The third kappa shape index (κ3) is 5.52. The topological polar surface area (TPSA) is 75.7 Å². The lowest BCUT2D eigenvalue weighted by molar-refractivity contribution is 0.0774. The van der Waals surface area contributed by atoms with Gasteiger partial charge in [-0.05, 0) is 42.5 Å². The lowest BCUT2D eigenvalue weighted by Gasteiger charge is -2.18. The number of hydrogen-bond donors (Lipinski definition) is 1. The maximum absolute atomic E-state index is 12.7. The molecule has 0 atom stereocenters. The number of carbonyl (C=O) groups is 1. The van der Waals surface area contributed by atoms with Gasteiger partial charge in [-0.3, -0.25) is 9.52 Å². The van der Waals surface area contributed by atoms with E-state index in [0.29, 0.717) is 28.6 Å². The smallest absolute Gasteiger partial charge is 0.261 e. The van der Waals surface area contributed by atoms with Crippen LogP contribution in [0.2, 0.25) is 5.02 Å².